The first kappa shape index (κ1) is 8.05. The lowest BCUT2D eigenvalue weighted by atomic mass is 10.4. The van der Waals surface area contributed by atoms with Crippen molar-refractivity contribution in [3.8, 4) is 0 Å². The van der Waals surface area contributed by atoms with Crippen LogP contribution in [-0.4, -0.2) is 12.0 Å². The highest BCUT2D eigenvalue weighted by molar-refractivity contribution is 7.99. The third-order valence-electron chi connectivity index (χ3n) is 1.10. The molecule has 1 aromatic carbocycles. The van der Waals surface area contributed by atoms with Gasteiger partial charge in [0, 0.05) is 4.90 Å². The Balaban J connectivity index is 2.45. The number of isocyanates is 1. The molecule has 56 valence electrons. The van der Waals surface area contributed by atoms with Crippen LogP contribution in [0.25, 0.3) is 0 Å². The van der Waals surface area contributed by atoms with E-state index in [1.54, 1.807) is 0 Å². The van der Waals surface area contributed by atoms with Crippen LogP contribution >= 0.6 is 11.8 Å². The predicted octanol–water partition coefficient (Wildman–Crippen LogP) is 2.07. The Morgan fingerprint density at radius 3 is 2.73 bits per heavy atom. The summed E-state index contributed by atoms with van der Waals surface area (Å²) >= 11 is 1.52. The molecule has 0 fully saturated rings. The molecule has 0 aromatic heterocycles. The zero-order valence-electron chi connectivity index (χ0n) is 5.86. The van der Waals surface area contributed by atoms with E-state index in [1.165, 1.54) is 17.8 Å². The Hall–Kier alpha value is -1.05. The Bertz CT molecular complexity index is 254. The Morgan fingerprint density at radius 2 is 2.09 bits per heavy atom. The van der Waals surface area contributed by atoms with Crippen molar-refractivity contribution in [2.24, 2.45) is 4.99 Å². The third kappa shape index (κ3) is 3.03. The van der Waals surface area contributed by atoms with Gasteiger partial charge in [0.25, 0.3) is 0 Å². The number of nitrogens with zero attached hydrogens (tertiary/aromatic N) is 1. The Labute approximate surface area is 69.3 Å². The van der Waals surface area contributed by atoms with Gasteiger partial charge in [0.1, 0.15) is 5.88 Å². The van der Waals surface area contributed by atoms with Gasteiger partial charge in [-0.2, -0.15) is 4.99 Å². The van der Waals surface area contributed by atoms with Crippen LogP contribution in [0.3, 0.4) is 0 Å². The van der Waals surface area contributed by atoms with E-state index in [0.717, 1.165) is 4.90 Å². The first-order valence-electron chi connectivity index (χ1n) is 3.15. The van der Waals surface area contributed by atoms with Crippen LogP contribution in [0.4, 0.5) is 0 Å². The molecule has 0 radical (unpaired) electrons. The summed E-state index contributed by atoms with van der Waals surface area (Å²) in [4.78, 5) is 14.2. The van der Waals surface area contributed by atoms with Gasteiger partial charge in [-0.1, -0.05) is 18.2 Å². The quantitative estimate of drug-likeness (QED) is 0.390. The summed E-state index contributed by atoms with van der Waals surface area (Å²) < 4.78 is 0. The van der Waals surface area contributed by atoms with Crippen molar-refractivity contribution in [3.63, 3.8) is 0 Å². The van der Waals surface area contributed by atoms with E-state index >= 15 is 0 Å². The number of hydrogen-bond acceptors (Lipinski definition) is 3. The lowest BCUT2D eigenvalue weighted by molar-refractivity contribution is 0.564. The number of thioether (sulfide) groups is 1. The highest BCUT2D eigenvalue weighted by atomic mass is 32.2. The summed E-state index contributed by atoms with van der Waals surface area (Å²) in [5.41, 5.74) is 0. The maximum Gasteiger partial charge on any atom is 0.235 e. The van der Waals surface area contributed by atoms with E-state index in [-0.39, 0.29) is 0 Å². The van der Waals surface area contributed by atoms with Crippen molar-refractivity contribution in [1.29, 1.82) is 0 Å². The molecule has 1 rings (SSSR count). The van der Waals surface area contributed by atoms with Gasteiger partial charge in [-0.15, -0.1) is 11.8 Å². The Kier molecular flexibility index (Phi) is 3.45. The second-order valence-electron chi connectivity index (χ2n) is 1.84. The molecule has 0 aliphatic carbocycles. The largest absolute Gasteiger partial charge is 0.235 e. The maximum atomic E-state index is 9.69. The minimum Gasteiger partial charge on any atom is -0.211 e. The van der Waals surface area contributed by atoms with Gasteiger partial charge in [-0.25, -0.2) is 4.79 Å². The topological polar surface area (TPSA) is 29.4 Å². The molecule has 0 saturated heterocycles. The molecule has 0 atom stereocenters. The molecule has 0 amide bonds. The molecule has 0 spiro atoms. The number of hydrogen-bond donors (Lipinski definition) is 0. The van der Waals surface area contributed by atoms with Gasteiger partial charge in [-0.3, -0.25) is 0 Å². The van der Waals surface area contributed by atoms with Crippen molar-refractivity contribution >= 4 is 17.8 Å². The minimum atomic E-state index is 0.452. The van der Waals surface area contributed by atoms with Crippen molar-refractivity contribution in [3.05, 3.63) is 30.3 Å². The van der Waals surface area contributed by atoms with Gasteiger partial charge in [0.05, 0.1) is 0 Å². The van der Waals surface area contributed by atoms with Crippen LogP contribution in [-0.2, 0) is 4.79 Å². The van der Waals surface area contributed by atoms with Gasteiger partial charge >= 0.3 is 0 Å². The molecule has 0 bridgehead atoms. The van der Waals surface area contributed by atoms with Crippen LogP contribution in [0.2, 0.25) is 0 Å². The normalized spacial score (nSPS) is 8.73. The van der Waals surface area contributed by atoms with Crippen LogP contribution in [0.15, 0.2) is 40.2 Å². The summed E-state index contributed by atoms with van der Waals surface area (Å²) in [6, 6.07) is 9.81. The van der Waals surface area contributed by atoms with Gasteiger partial charge in [0.2, 0.25) is 6.08 Å². The number of benzene rings is 1. The summed E-state index contributed by atoms with van der Waals surface area (Å²) in [5.74, 6) is 0.452. The number of rotatable bonds is 3. The fraction of sp³-hybridized carbons (Fsp3) is 0.125. The van der Waals surface area contributed by atoms with Crippen LogP contribution in [0.5, 0.6) is 0 Å². The standard InChI is InChI=1S/C8H7NOS/c10-6-9-7-11-8-4-2-1-3-5-8/h1-5H,7H2. The van der Waals surface area contributed by atoms with E-state index in [1.807, 2.05) is 30.3 Å². The molecule has 0 aliphatic rings. The monoisotopic (exact) mass is 165 g/mol. The first-order valence-corrected chi connectivity index (χ1v) is 4.13. The minimum absolute atomic E-state index is 0.452. The molecule has 0 heterocycles. The van der Waals surface area contributed by atoms with Crippen LogP contribution < -0.4 is 0 Å². The molecule has 0 saturated carbocycles. The van der Waals surface area contributed by atoms with Gasteiger partial charge < -0.3 is 0 Å². The molecule has 1 aromatic rings. The van der Waals surface area contributed by atoms with Gasteiger partial charge in [0.15, 0.2) is 0 Å². The lowest BCUT2D eigenvalue weighted by Gasteiger charge is -1.93. The molecule has 2 nitrogen and oxygen atoms in total. The smallest absolute Gasteiger partial charge is 0.211 e. The van der Waals surface area contributed by atoms with Crippen molar-refractivity contribution in [2.75, 3.05) is 5.88 Å². The Morgan fingerprint density at radius 1 is 1.36 bits per heavy atom. The van der Waals surface area contributed by atoms with E-state index in [9.17, 15) is 4.79 Å². The van der Waals surface area contributed by atoms with E-state index in [4.69, 9.17) is 0 Å². The highest BCUT2D eigenvalue weighted by Crippen LogP contribution is 2.15. The van der Waals surface area contributed by atoms with Crippen LogP contribution in [0, 0.1) is 0 Å². The summed E-state index contributed by atoms with van der Waals surface area (Å²) in [5, 5.41) is 0. The zero-order chi connectivity index (χ0) is 7.94. The zero-order valence-corrected chi connectivity index (χ0v) is 6.67. The number of aliphatic imine (C=N–C) groups is 1. The molecular formula is C8H7NOS. The molecule has 11 heavy (non-hydrogen) atoms. The molecule has 0 aliphatic heterocycles. The molecule has 3 heteroatoms. The van der Waals surface area contributed by atoms with E-state index in [0.29, 0.717) is 5.88 Å². The van der Waals surface area contributed by atoms with Crippen molar-refractivity contribution in [2.45, 2.75) is 4.90 Å². The highest BCUT2D eigenvalue weighted by Gasteiger charge is 1.87. The van der Waals surface area contributed by atoms with E-state index < -0.39 is 0 Å². The lowest BCUT2D eigenvalue weighted by Crippen LogP contribution is -1.71. The fourth-order valence-corrected chi connectivity index (χ4v) is 1.27. The average Bonchev–Trinajstić information content (AvgIpc) is 2.07. The van der Waals surface area contributed by atoms with Crippen molar-refractivity contribution < 1.29 is 4.79 Å². The third-order valence-corrected chi connectivity index (χ3v) is 1.97. The van der Waals surface area contributed by atoms with Crippen LogP contribution in [0.1, 0.15) is 0 Å². The number of carbonyl (C=O) groups excluding carboxylic acids is 1. The molecular weight excluding hydrogens is 158 g/mol. The second kappa shape index (κ2) is 4.72. The molecule has 0 unspecified atom stereocenters. The fourth-order valence-electron chi connectivity index (χ4n) is 0.650. The summed E-state index contributed by atoms with van der Waals surface area (Å²) in [6.07, 6.45) is 1.49. The van der Waals surface area contributed by atoms with Gasteiger partial charge in [-0.05, 0) is 12.1 Å². The molecule has 0 N–H and O–H groups in total. The SMILES string of the molecule is O=C=NCSc1ccccc1. The predicted molar refractivity (Wildman–Crippen MR) is 45.3 cm³/mol. The maximum absolute atomic E-state index is 9.69. The van der Waals surface area contributed by atoms with E-state index in [2.05, 4.69) is 4.99 Å². The summed E-state index contributed by atoms with van der Waals surface area (Å²) in [7, 11) is 0. The van der Waals surface area contributed by atoms with Crippen molar-refractivity contribution in [1.82, 2.24) is 0 Å². The summed E-state index contributed by atoms with van der Waals surface area (Å²) in [6.45, 7) is 0. The second-order valence-corrected chi connectivity index (χ2v) is 2.85. The first-order chi connectivity index (χ1) is 5.43. The average molecular weight is 165 g/mol.